The molecule has 7 N–H and O–H groups in total. The molecule has 2 atom stereocenters. The molecule has 0 aromatic heterocycles. The van der Waals surface area contributed by atoms with Crippen LogP contribution in [0.5, 0.6) is 0 Å². The molecule has 0 fully saturated rings. The normalized spacial score (nSPS) is 12.9. The highest BCUT2D eigenvalue weighted by atomic mass is 16.3. The summed E-state index contributed by atoms with van der Waals surface area (Å²) in [5.41, 5.74) is 11.2. The molecule has 138 valence electrons. The fraction of sp³-hybridized carbons (Fsp3) is 0.471. The molecule has 0 bridgehead atoms. The maximum atomic E-state index is 12.3. The van der Waals surface area contributed by atoms with Gasteiger partial charge in [-0.3, -0.25) is 14.4 Å². The van der Waals surface area contributed by atoms with Gasteiger partial charge in [-0.1, -0.05) is 30.3 Å². The van der Waals surface area contributed by atoms with Gasteiger partial charge < -0.3 is 27.2 Å². The third-order valence-corrected chi connectivity index (χ3v) is 3.70. The maximum absolute atomic E-state index is 12.3. The van der Waals surface area contributed by atoms with E-state index >= 15 is 0 Å². The van der Waals surface area contributed by atoms with Crippen LogP contribution in [0.25, 0.3) is 0 Å². The van der Waals surface area contributed by atoms with Crippen LogP contribution in [0.2, 0.25) is 0 Å². The van der Waals surface area contributed by atoms with Crippen LogP contribution in [-0.4, -0.2) is 48.6 Å². The van der Waals surface area contributed by atoms with Gasteiger partial charge in [0.25, 0.3) is 0 Å². The second-order valence-electron chi connectivity index (χ2n) is 5.81. The topological polar surface area (TPSA) is 148 Å². The number of hydrogen-bond acceptors (Lipinski definition) is 5. The van der Waals surface area contributed by atoms with Crippen molar-refractivity contribution in [3.05, 3.63) is 35.9 Å². The molecule has 8 nitrogen and oxygen atoms in total. The molecule has 0 aliphatic carbocycles. The average molecular weight is 350 g/mol. The van der Waals surface area contributed by atoms with Crippen molar-refractivity contribution >= 4 is 17.7 Å². The summed E-state index contributed by atoms with van der Waals surface area (Å²) in [4.78, 5) is 34.2. The number of rotatable bonds is 11. The van der Waals surface area contributed by atoms with Crippen LogP contribution in [0.15, 0.2) is 30.3 Å². The zero-order valence-corrected chi connectivity index (χ0v) is 14.1. The Balaban J connectivity index is 2.59. The summed E-state index contributed by atoms with van der Waals surface area (Å²) in [7, 11) is 0. The number of carbonyl (C=O) groups is 3. The van der Waals surface area contributed by atoms with E-state index in [1.54, 1.807) is 0 Å². The van der Waals surface area contributed by atoms with Crippen molar-refractivity contribution in [1.29, 1.82) is 0 Å². The Morgan fingerprint density at radius 2 is 1.76 bits per heavy atom. The highest BCUT2D eigenvalue weighted by molar-refractivity contribution is 5.85. The standard InChI is InChI=1S/C17H26N4O4/c18-9-16(24)20-10-14(22)7-6-13(17(25)21-11-15(19)23)8-12-4-2-1-3-5-12/h1-5,13-14,22H,6-11,18H2,(H2,19,23)(H,20,24)(H,21,25). The monoisotopic (exact) mass is 350 g/mol. The predicted molar refractivity (Wildman–Crippen MR) is 93.1 cm³/mol. The van der Waals surface area contributed by atoms with Crippen molar-refractivity contribution in [2.75, 3.05) is 19.6 Å². The summed E-state index contributed by atoms with van der Waals surface area (Å²) in [6.07, 6.45) is 0.427. The molecule has 0 heterocycles. The van der Waals surface area contributed by atoms with Crippen LogP contribution in [-0.2, 0) is 20.8 Å². The van der Waals surface area contributed by atoms with E-state index in [2.05, 4.69) is 10.6 Å². The molecule has 25 heavy (non-hydrogen) atoms. The van der Waals surface area contributed by atoms with E-state index in [1.807, 2.05) is 30.3 Å². The molecule has 3 amide bonds. The third-order valence-electron chi connectivity index (χ3n) is 3.70. The van der Waals surface area contributed by atoms with E-state index < -0.39 is 17.9 Å². The predicted octanol–water partition coefficient (Wildman–Crippen LogP) is -1.34. The van der Waals surface area contributed by atoms with Gasteiger partial charge in [-0.05, 0) is 24.8 Å². The van der Waals surface area contributed by atoms with Crippen molar-refractivity contribution in [3.63, 3.8) is 0 Å². The minimum atomic E-state index is -0.780. The van der Waals surface area contributed by atoms with Crippen molar-refractivity contribution in [3.8, 4) is 0 Å². The molecule has 0 radical (unpaired) electrons. The number of carbonyl (C=O) groups excluding carboxylic acids is 3. The fourth-order valence-electron chi connectivity index (χ4n) is 2.34. The Morgan fingerprint density at radius 3 is 2.36 bits per heavy atom. The number of nitrogens with one attached hydrogen (secondary N) is 2. The Bertz CT molecular complexity index is 565. The van der Waals surface area contributed by atoms with Gasteiger partial charge in [0.1, 0.15) is 0 Å². The van der Waals surface area contributed by atoms with Gasteiger partial charge in [-0.15, -0.1) is 0 Å². The van der Waals surface area contributed by atoms with E-state index in [9.17, 15) is 19.5 Å². The molecule has 0 saturated carbocycles. The number of amides is 3. The Morgan fingerprint density at radius 1 is 1.08 bits per heavy atom. The highest BCUT2D eigenvalue weighted by Crippen LogP contribution is 2.16. The number of nitrogens with two attached hydrogens (primary N) is 2. The van der Waals surface area contributed by atoms with Crippen molar-refractivity contribution in [2.24, 2.45) is 17.4 Å². The third kappa shape index (κ3) is 8.83. The lowest BCUT2D eigenvalue weighted by atomic mass is 9.92. The SMILES string of the molecule is NCC(=O)NCC(O)CCC(Cc1ccccc1)C(=O)NCC(N)=O. The van der Waals surface area contributed by atoms with E-state index in [4.69, 9.17) is 11.5 Å². The number of benzene rings is 1. The molecular formula is C17H26N4O4. The average Bonchev–Trinajstić information content (AvgIpc) is 2.61. The van der Waals surface area contributed by atoms with Crippen LogP contribution in [0.1, 0.15) is 18.4 Å². The van der Waals surface area contributed by atoms with Crippen LogP contribution in [0, 0.1) is 5.92 Å². The number of primary amides is 1. The Hall–Kier alpha value is -2.45. The van der Waals surface area contributed by atoms with Crippen LogP contribution >= 0.6 is 0 Å². The summed E-state index contributed by atoms with van der Waals surface area (Å²) in [5.74, 6) is -1.67. The first-order valence-electron chi connectivity index (χ1n) is 8.17. The van der Waals surface area contributed by atoms with Gasteiger partial charge in [-0.25, -0.2) is 0 Å². The molecule has 1 rings (SSSR count). The fourth-order valence-corrected chi connectivity index (χ4v) is 2.34. The summed E-state index contributed by atoms with van der Waals surface area (Å²) in [6, 6.07) is 9.46. The van der Waals surface area contributed by atoms with E-state index in [1.165, 1.54) is 0 Å². The zero-order valence-electron chi connectivity index (χ0n) is 14.1. The van der Waals surface area contributed by atoms with Crippen molar-refractivity contribution in [2.45, 2.75) is 25.4 Å². The van der Waals surface area contributed by atoms with Gasteiger partial charge in [-0.2, -0.15) is 0 Å². The van der Waals surface area contributed by atoms with Crippen molar-refractivity contribution in [1.82, 2.24) is 10.6 Å². The van der Waals surface area contributed by atoms with Crippen molar-refractivity contribution < 1.29 is 19.5 Å². The van der Waals surface area contributed by atoms with Crippen LogP contribution < -0.4 is 22.1 Å². The number of aliphatic hydroxyl groups is 1. The Labute approximate surface area is 147 Å². The minimum Gasteiger partial charge on any atom is -0.391 e. The highest BCUT2D eigenvalue weighted by Gasteiger charge is 2.20. The molecule has 0 saturated heterocycles. The van der Waals surface area contributed by atoms with E-state index in [0.29, 0.717) is 19.3 Å². The summed E-state index contributed by atoms with van der Waals surface area (Å²) in [6.45, 7) is -0.283. The second-order valence-corrected chi connectivity index (χ2v) is 5.81. The first-order chi connectivity index (χ1) is 11.9. The molecule has 1 aromatic rings. The molecular weight excluding hydrogens is 324 g/mol. The minimum absolute atomic E-state index is 0.0804. The first-order valence-corrected chi connectivity index (χ1v) is 8.17. The molecule has 1 aromatic carbocycles. The first kappa shape index (κ1) is 20.6. The van der Waals surface area contributed by atoms with Gasteiger partial charge in [0.05, 0.1) is 19.2 Å². The quantitative estimate of drug-likeness (QED) is 0.335. The van der Waals surface area contributed by atoms with Crippen LogP contribution in [0.3, 0.4) is 0 Å². The molecule has 8 heteroatoms. The second kappa shape index (κ2) is 11.2. The van der Waals surface area contributed by atoms with Crippen LogP contribution in [0.4, 0.5) is 0 Å². The molecule has 0 aliphatic rings. The van der Waals surface area contributed by atoms with E-state index in [0.717, 1.165) is 5.56 Å². The van der Waals surface area contributed by atoms with E-state index in [-0.39, 0.29) is 31.4 Å². The largest absolute Gasteiger partial charge is 0.391 e. The summed E-state index contributed by atoms with van der Waals surface area (Å²) < 4.78 is 0. The molecule has 0 spiro atoms. The zero-order chi connectivity index (χ0) is 18.7. The maximum Gasteiger partial charge on any atom is 0.236 e. The lowest BCUT2D eigenvalue weighted by molar-refractivity contribution is -0.128. The summed E-state index contributed by atoms with van der Waals surface area (Å²) in [5, 5.41) is 15.0. The number of aliphatic hydroxyl groups excluding tert-OH is 1. The van der Waals surface area contributed by atoms with Gasteiger partial charge in [0.2, 0.25) is 17.7 Å². The smallest absolute Gasteiger partial charge is 0.236 e. The van der Waals surface area contributed by atoms with Gasteiger partial charge >= 0.3 is 0 Å². The lowest BCUT2D eigenvalue weighted by Crippen LogP contribution is -2.39. The molecule has 2 unspecified atom stereocenters. The van der Waals surface area contributed by atoms with Gasteiger partial charge in [0.15, 0.2) is 0 Å². The number of hydrogen-bond donors (Lipinski definition) is 5. The van der Waals surface area contributed by atoms with Gasteiger partial charge in [0, 0.05) is 12.5 Å². The summed E-state index contributed by atoms with van der Waals surface area (Å²) >= 11 is 0. The molecule has 0 aliphatic heterocycles. The Kier molecular flexibility index (Phi) is 9.20. The lowest BCUT2D eigenvalue weighted by Gasteiger charge is -2.19.